The summed E-state index contributed by atoms with van der Waals surface area (Å²) in [6.07, 6.45) is 5.20. The third kappa shape index (κ3) is 6.52. The summed E-state index contributed by atoms with van der Waals surface area (Å²) in [6, 6.07) is 12.1. The number of anilines is 1. The van der Waals surface area contributed by atoms with Gasteiger partial charge in [-0.05, 0) is 55.6 Å². The Morgan fingerprint density at radius 3 is 2.58 bits per heavy atom. The van der Waals surface area contributed by atoms with Gasteiger partial charge in [-0.25, -0.2) is 9.37 Å². The molecule has 8 heteroatoms. The SMILES string of the molecule is CN=C(NCc1ccc(CN2CCCC2)cc1)NC1CCN(c2ncccc2F)C1.I. The van der Waals surface area contributed by atoms with Gasteiger partial charge < -0.3 is 15.5 Å². The van der Waals surface area contributed by atoms with Crippen LogP contribution in [0.1, 0.15) is 30.4 Å². The Morgan fingerprint density at radius 1 is 1.13 bits per heavy atom. The molecule has 0 bridgehead atoms. The molecule has 0 spiro atoms. The molecule has 1 unspecified atom stereocenters. The number of aromatic nitrogens is 1. The summed E-state index contributed by atoms with van der Waals surface area (Å²) in [5.41, 5.74) is 2.60. The van der Waals surface area contributed by atoms with Gasteiger partial charge in [0.1, 0.15) is 0 Å². The lowest BCUT2D eigenvalue weighted by Crippen LogP contribution is -2.44. The number of guanidine groups is 1. The molecule has 31 heavy (non-hydrogen) atoms. The van der Waals surface area contributed by atoms with Crippen LogP contribution in [0.15, 0.2) is 47.6 Å². The van der Waals surface area contributed by atoms with Crippen LogP contribution >= 0.6 is 24.0 Å². The molecular formula is C23H32FIN6. The topological polar surface area (TPSA) is 55.8 Å². The lowest BCUT2D eigenvalue weighted by atomic mass is 10.1. The fraction of sp³-hybridized carbons (Fsp3) is 0.478. The predicted molar refractivity (Wildman–Crippen MR) is 135 cm³/mol. The molecule has 1 aromatic carbocycles. The van der Waals surface area contributed by atoms with Gasteiger partial charge in [-0.15, -0.1) is 24.0 Å². The maximum atomic E-state index is 14.0. The molecule has 6 nitrogen and oxygen atoms in total. The Hall–Kier alpha value is -1.94. The Balaban J connectivity index is 0.00000272. The number of hydrogen-bond donors (Lipinski definition) is 2. The van der Waals surface area contributed by atoms with Crippen molar-refractivity contribution in [2.45, 2.75) is 38.4 Å². The molecule has 1 atom stereocenters. The number of nitrogens with one attached hydrogen (secondary N) is 2. The summed E-state index contributed by atoms with van der Waals surface area (Å²) in [4.78, 5) is 13.0. The fourth-order valence-electron chi connectivity index (χ4n) is 4.22. The van der Waals surface area contributed by atoms with Crippen molar-refractivity contribution in [2.75, 3.05) is 38.1 Å². The molecule has 0 saturated carbocycles. The van der Waals surface area contributed by atoms with Crippen molar-refractivity contribution in [2.24, 2.45) is 4.99 Å². The van der Waals surface area contributed by atoms with Crippen LogP contribution in [0.3, 0.4) is 0 Å². The quantitative estimate of drug-likeness (QED) is 0.336. The van der Waals surface area contributed by atoms with E-state index in [9.17, 15) is 4.39 Å². The average Bonchev–Trinajstić information content (AvgIpc) is 3.45. The number of likely N-dealkylation sites (tertiary alicyclic amines) is 1. The molecule has 168 valence electrons. The highest BCUT2D eigenvalue weighted by atomic mass is 127. The van der Waals surface area contributed by atoms with Crippen molar-refractivity contribution in [3.8, 4) is 0 Å². The largest absolute Gasteiger partial charge is 0.352 e. The third-order valence-electron chi connectivity index (χ3n) is 5.88. The van der Waals surface area contributed by atoms with Crippen molar-refractivity contribution < 1.29 is 4.39 Å². The summed E-state index contributed by atoms with van der Waals surface area (Å²) < 4.78 is 14.0. The summed E-state index contributed by atoms with van der Waals surface area (Å²) in [6.45, 7) is 5.69. The number of aliphatic imine (C=N–C) groups is 1. The smallest absolute Gasteiger partial charge is 0.191 e. The van der Waals surface area contributed by atoms with Crippen molar-refractivity contribution in [1.29, 1.82) is 0 Å². The second kappa shape index (κ2) is 11.6. The van der Waals surface area contributed by atoms with Gasteiger partial charge in [0.05, 0.1) is 0 Å². The van der Waals surface area contributed by atoms with E-state index in [-0.39, 0.29) is 35.8 Å². The molecule has 2 N–H and O–H groups in total. The van der Waals surface area contributed by atoms with E-state index in [0.717, 1.165) is 32.0 Å². The van der Waals surface area contributed by atoms with E-state index >= 15 is 0 Å². The van der Waals surface area contributed by atoms with Gasteiger partial charge in [-0.2, -0.15) is 0 Å². The normalized spacial score (nSPS) is 19.4. The highest BCUT2D eigenvalue weighted by Gasteiger charge is 2.25. The van der Waals surface area contributed by atoms with Crippen LogP contribution in [0.25, 0.3) is 0 Å². The first-order valence-corrected chi connectivity index (χ1v) is 10.8. The average molecular weight is 538 g/mol. The van der Waals surface area contributed by atoms with E-state index in [2.05, 4.69) is 49.8 Å². The van der Waals surface area contributed by atoms with E-state index in [1.54, 1.807) is 19.3 Å². The summed E-state index contributed by atoms with van der Waals surface area (Å²) >= 11 is 0. The number of hydrogen-bond acceptors (Lipinski definition) is 4. The molecule has 2 aliphatic heterocycles. The zero-order valence-corrected chi connectivity index (χ0v) is 20.4. The van der Waals surface area contributed by atoms with Crippen molar-refractivity contribution >= 4 is 35.8 Å². The standard InChI is InChI=1S/C23H31FN6.HI/c1-25-23(28-20-10-14-30(17-20)22-21(24)5-4-11-26-22)27-15-18-6-8-19(9-7-18)16-29-12-2-3-13-29;/h4-9,11,20H,2-3,10,12-17H2,1H3,(H2,25,27,28);1H. The second-order valence-electron chi connectivity index (χ2n) is 8.11. The molecule has 3 heterocycles. The van der Waals surface area contributed by atoms with Crippen LogP contribution in [0.4, 0.5) is 10.2 Å². The first-order chi connectivity index (χ1) is 14.7. The van der Waals surface area contributed by atoms with Gasteiger partial charge in [0.2, 0.25) is 0 Å². The molecule has 0 aliphatic carbocycles. The minimum Gasteiger partial charge on any atom is -0.352 e. The molecule has 2 saturated heterocycles. The zero-order chi connectivity index (χ0) is 20.8. The Bertz CT molecular complexity index is 853. The lowest BCUT2D eigenvalue weighted by molar-refractivity contribution is 0.331. The summed E-state index contributed by atoms with van der Waals surface area (Å²) in [5.74, 6) is 0.928. The third-order valence-corrected chi connectivity index (χ3v) is 5.88. The van der Waals surface area contributed by atoms with Crippen molar-refractivity contribution in [3.05, 3.63) is 59.5 Å². The predicted octanol–water partition coefficient (Wildman–Crippen LogP) is 3.38. The molecule has 2 aromatic rings. The minimum atomic E-state index is -0.270. The molecule has 0 radical (unpaired) electrons. The van der Waals surface area contributed by atoms with Gasteiger partial charge >= 0.3 is 0 Å². The lowest BCUT2D eigenvalue weighted by Gasteiger charge is -2.20. The Labute approximate surface area is 201 Å². The molecule has 4 rings (SSSR count). The van der Waals surface area contributed by atoms with E-state index in [4.69, 9.17) is 0 Å². The fourth-order valence-corrected chi connectivity index (χ4v) is 4.22. The Morgan fingerprint density at radius 2 is 1.87 bits per heavy atom. The number of rotatable bonds is 6. The van der Waals surface area contributed by atoms with Crippen LogP contribution in [0, 0.1) is 5.82 Å². The number of halogens is 2. The van der Waals surface area contributed by atoms with Gasteiger partial charge in [-0.3, -0.25) is 9.89 Å². The summed E-state index contributed by atoms with van der Waals surface area (Å²) in [7, 11) is 1.78. The monoisotopic (exact) mass is 538 g/mol. The van der Waals surface area contributed by atoms with Gasteiger partial charge in [0.15, 0.2) is 17.6 Å². The maximum absolute atomic E-state index is 14.0. The highest BCUT2D eigenvalue weighted by molar-refractivity contribution is 14.0. The molecule has 1 aromatic heterocycles. The first-order valence-electron chi connectivity index (χ1n) is 10.8. The van der Waals surface area contributed by atoms with Crippen LogP contribution < -0.4 is 15.5 Å². The molecule has 0 amide bonds. The molecule has 2 fully saturated rings. The highest BCUT2D eigenvalue weighted by Crippen LogP contribution is 2.20. The molecule has 2 aliphatic rings. The van der Waals surface area contributed by atoms with E-state index in [0.29, 0.717) is 12.4 Å². The zero-order valence-electron chi connectivity index (χ0n) is 18.1. The van der Waals surface area contributed by atoms with E-state index < -0.39 is 0 Å². The first kappa shape index (κ1) is 23.7. The van der Waals surface area contributed by atoms with Crippen molar-refractivity contribution in [3.63, 3.8) is 0 Å². The number of pyridine rings is 1. The second-order valence-corrected chi connectivity index (χ2v) is 8.11. The van der Waals surface area contributed by atoms with Crippen LogP contribution in [0.2, 0.25) is 0 Å². The van der Waals surface area contributed by atoms with E-state index in [1.807, 2.05) is 4.90 Å². The maximum Gasteiger partial charge on any atom is 0.191 e. The van der Waals surface area contributed by atoms with E-state index in [1.165, 1.54) is 43.1 Å². The number of benzene rings is 1. The minimum absolute atomic E-state index is 0. The van der Waals surface area contributed by atoms with Crippen molar-refractivity contribution in [1.82, 2.24) is 20.5 Å². The van der Waals surface area contributed by atoms with Crippen LogP contribution in [0.5, 0.6) is 0 Å². The Kier molecular flexibility index (Phi) is 8.89. The molecular weight excluding hydrogens is 506 g/mol. The van der Waals surface area contributed by atoms with Crippen LogP contribution in [-0.2, 0) is 13.1 Å². The van der Waals surface area contributed by atoms with Gasteiger partial charge in [0.25, 0.3) is 0 Å². The number of nitrogens with zero attached hydrogens (tertiary/aromatic N) is 4. The van der Waals surface area contributed by atoms with Crippen LogP contribution in [-0.4, -0.2) is 55.1 Å². The summed E-state index contributed by atoms with van der Waals surface area (Å²) in [5, 5.41) is 6.85. The van der Waals surface area contributed by atoms with Gasteiger partial charge in [0, 0.05) is 45.5 Å². The van der Waals surface area contributed by atoms with Gasteiger partial charge in [-0.1, -0.05) is 24.3 Å².